The van der Waals surface area contributed by atoms with Crippen LogP contribution in [0.4, 0.5) is 0 Å². The lowest BCUT2D eigenvalue weighted by Crippen LogP contribution is -2.38. The monoisotopic (exact) mass is 330 g/mol. The average Bonchev–Trinajstić information content (AvgIpc) is 2.53. The number of nitrogens with one attached hydrogen (secondary N) is 2. The molecule has 5 heteroatoms. The molecule has 0 aliphatic heterocycles. The van der Waals surface area contributed by atoms with Gasteiger partial charge in [-0.15, -0.1) is 0 Å². The lowest BCUT2D eigenvalue weighted by Gasteiger charge is -2.16. The number of amides is 2. The zero-order chi connectivity index (χ0) is 16.8. The zero-order valence-electron chi connectivity index (χ0n) is 13.1. The third kappa shape index (κ3) is 4.83. The van der Waals surface area contributed by atoms with Crippen molar-refractivity contribution in [3.8, 4) is 0 Å². The van der Waals surface area contributed by atoms with E-state index in [1.807, 2.05) is 38.1 Å². The van der Waals surface area contributed by atoms with Gasteiger partial charge in [-0.1, -0.05) is 35.9 Å². The molecule has 0 saturated heterocycles. The number of rotatable bonds is 5. The van der Waals surface area contributed by atoms with E-state index in [1.165, 1.54) is 0 Å². The van der Waals surface area contributed by atoms with E-state index in [4.69, 9.17) is 11.6 Å². The maximum atomic E-state index is 12.0. The summed E-state index contributed by atoms with van der Waals surface area (Å²) < 4.78 is 0. The van der Waals surface area contributed by atoms with Gasteiger partial charge >= 0.3 is 0 Å². The molecule has 0 aromatic heterocycles. The first kappa shape index (κ1) is 17.0. The van der Waals surface area contributed by atoms with E-state index in [0.29, 0.717) is 10.6 Å². The maximum absolute atomic E-state index is 12.0. The summed E-state index contributed by atoms with van der Waals surface area (Å²) in [6.07, 6.45) is 0. The fourth-order valence-corrected chi connectivity index (χ4v) is 2.43. The van der Waals surface area contributed by atoms with Crippen molar-refractivity contribution in [2.24, 2.45) is 0 Å². The van der Waals surface area contributed by atoms with Crippen LogP contribution < -0.4 is 10.6 Å². The predicted octanol–water partition coefficient (Wildman–Crippen LogP) is 3.26. The lowest BCUT2D eigenvalue weighted by atomic mass is 10.0. The largest absolute Gasteiger partial charge is 0.348 e. The number of carbonyl (C=O) groups is 2. The summed E-state index contributed by atoms with van der Waals surface area (Å²) in [5.41, 5.74) is 2.64. The van der Waals surface area contributed by atoms with Gasteiger partial charge in [0.15, 0.2) is 0 Å². The number of carbonyl (C=O) groups excluding carboxylic acids is 2. The van der Waals surface area contributed by atoms with Gasteiger partial charge in [-0.05, 0) is 49.2 Å². The Morgan fingerprint density at radius 2 is 1.74 bits per heavy atom. The molecule has 2 aromatic rings. The molecule has 0 spiro atoms. The fourth-order valence-electron chi connectivity index (χ4n) is 2.31. The second kappa shape index (κ2) is 7.79. The molecular formula is C18H19ClN2O2. The predicted molar refractivity (Wildman–Crippen MR) is 91.5 cm³/mol. The quantitative estimate of drug-likeness (QED) is 0.884. The van der Waals surface area contributed by atoms with E-state index in [-0.39, 0.29) is 24.4 Å². The summed E-state index contributed by atoms with van der Waals surface area (Å²) in [4.78, 5) is 23.9. The van der Waals surface area contributed by atoms with Crippen LogP contribution in [0.25, 0.3) is 0 Å². The highest BCUT2D eigenvalue weighted by Gasteiger charge is 2.12. The van der Waals surface area contributed by atoms with E-state index >= 15 is 0 Å². The van der Waals surface area contributed by atoms with Crippen molar-refractivity contribution in [1.29, 1.82) is 0 Å². The van der Waals surface area contributed by atoms with Crippen LogP contribution in [0, 0.1) is 6.92 Å². The van der Waals surface area contributed by atoms with Crippen molar-refractivity contribution in [3.05, 3.63) is 70.2 Å². The number of hydrogen-bond acceptors (Lipinski definition) is 2. The smallest absolute Gasteiger partial charge is 0.251 e. The first-order chi connectivity index (χ1) is 11.0. The Balaban J connectivity index is 1.86. The molecule has 0 aliphatic carbocycles. The number of aryl methyl sites for hydroxylation is 1. The Morgan fingerprint density at radius 3 is 2.39 bits per heavy atom. The Kier molecular flexibility index (Phi) is 5.77. The van der Waals surface area contributed by atoms with E-state index in [0.717, 1.165) is 11.1 Å². The van der Waals surface area contributed by atoms with Crippen molar-refractivity contribution >= 4 is 23.4 Å². The van der Waals surface area contributed by atoms with Gasteiger partial charge in [0.2, 0.25) is 5.91 Å². The molecule has 2 aromatic carbocycles. The second-order valence-corrected chi connectivity index (χ2v) is 5.77. The van der Waals surface area contributed by atoms with Crippen LogP contribution >= 0.6 is 11.6 Å². The van der Waals surface area contributed by atoms with Gasteiger partial charge in [-0.2, -0.15) is 0 Å². The molecular weight excluding hydrogens is 312 g/mol. The van der Waals surface area contributed by atoms with Crippen LogP contribution in [-0.4, -0.2) is 18.4 Å². The minimum absolute atomic E-state index is 0.0717. The van der Waals surface area contributed by atoms with Crippen molar-refractivity contribution in [3.63, 3.8) is 0 Å². The zero-order valence-corrected chi connectivity index (χ0v) is 13.9. The Bertz CT molecular complexity index is 698. The summed E-state index contributed by atoms with van der Waals surface area (Å²) >= 11 is 5.78. The van der Waals surface area contributed by atoms with Gasteiger partial charge in [-0.3, -0.25) is 9.59 Å². The molecule has 120 valence electrons. The minimum Gasteiger partial charge on any atom is -0.348 e. The van der Waals surface area contributed by atoms with Crippen LogP contribution in [0.15, 0.2) is 48.5 Å². The summed E-state index contributed by atoms with van der Waals surface area (Å²) in [6.45, 7) is 3.85. The van der Waals surface area contributed by atoms with Crippen LogP contribution in [0.2, 0.25) is 5.02 Å². The lowest BCUT2D eigenvalue weighted by molar-refractivity contribution is -0.120. The standard InChI is InChI=1S/C18H19ClN2O2/c1-12-5-3-4-6-16(12)13(2)21-17(22)11-20-18(23)14-7-9-15(19)10-8-14/h3-10,13H,11H2,1-2H3,(H,20,23)(H,21,22). The highest BCUT2D eigenvalue weighted by molar-refractivity contribution is 6.30. The summed E-state index contributed by atoms with van der Waals surface area (Å²) in [6, 6.07) is 14.3. The SMILES string of the molecule is Cc1ccccc1C(C)NC(=O)CNC(=O)c1ccc(Cl)cc1. The van der Waals surface area contributed by atoms with Crippen LogP contribution in [-0.2, 0) is 4.79 Å². The molecule has 0 heterocycles. The summed E-state index contributed by atoms with van der Waals surface area (Å²) in [5, 5.41) is 6.04. The van der Waals surface area contributed by atoms with Gasteiger partial charge in [0.1, 0.15) is 0 Å². The fraction of sp³-hybridized carbons (Fsp3) is 0.222. The minimum atomic E-state index is -0.305. The van der Waals surface area contributed by atoms with Crippen LogP contribution in [0.5, 0.6) is 0 Å². The topological polar surface area (TPSA) is 58.2 Å². The van der Waals surface area contributed by atoms with Crippen LogP contribution in [0.3, 0.4) is 0 Å². The highest BCUT2D eigenvalue weighted by atomic mass is 35.5. The molecule has 0 saturated carbocycles. The molecule has 23 heavy (non-hydrogen) atoms. The van der Waals surface area contributed by atoms with Crippen molar-refractivity contribution < 1.29 is 9.59 Å². The van der Waals surface area contributed by atoms with Gasteiger partial charge in [0, 0.05) is 10.6 Å². The molecule has 1 atom stereocenters. The molecule has 0 bridgehead atoms. The maximum Gasteiger partial charge on any atom is 0.251 e. The van der Waals surface area contributed by atoms with Gasteiger partial charge in [-0.25, -0.2) is 0 Å². The molecule has 0 fully saturated rings. The highest BCUT2D eigenvalue weighted by Crippen LogP contribution is 2.16. The second-order valence-electron chi connectivity index (χ2n) is 5.34. The Hall–Kier alpha value is -2.33. The number of benzene rings is 2. The first-order valence-corrected chi connectivity index (χ1v) is 7.74. The average molecular weight is 331 g/mol. The van der Waals surface area contributed by atoms with Gasteiger partial charge < -0.3 is 10.6 Å². The molecule has 4 nitrogen and oxygen atoms in total. The van der Waals surface area contributed by atoms with E-state index < -0.39 is 0 Å². The third-order valence-electron chi connectivity index (χ3n) is 3.55. The molecule has 2 rings (SSSR count). The Morgan fingerprint density at radius 1 is 1.09 bits per heavy atom. The van der Waals surface area contributed by atoms with E-state index in [1.54, 1.807) is 24.3 Å². The molecule has 2 N–H and O–H groups in total. The van der Waals surface area contributed by atoms with Crippen molar-refractivity contribution in [2.75, 3.05) is 6.54 Å². The normalized spacial score (nSPS) is 11.6. The third-order valence-corrected chi connectivity index (χ3v) is 3.80. The van der Waals surface area contributed by atoms with Crippen molar-refractivity contribution in [1.82, 2.24) is 10.6 Å². The first-order valence-electron chi connectivity index (χ1n) is 7.36. The molecule has 2 amide bonds. The Labute approximate surface area is 140 Å². The molecule has 1 unspecified atom stereocenters. The van der Waals surface area contributed by atoms with E-state index in [2.05, 4.69) is 10.6 Å². The summed E-state index contributed by atoms with van der Waals surface area (Å²) in [5.74, 6) is -0.538. The summed E-state index contributed by atoms with van der Waals surface area (Å²) in [7, 11) is 0. The van der Waals surface area contributed by atoms with Gasteiger partial charge in [0.05, 0.1) is 12.6 Å². The van der Waals surface area contributed by atoms with E-state index in [9.17, 15) is 9.59 Å². The molecule has 0 aliphatic rings. The van der Waals surface area contributed by atoms with Crippen LogP contribution in [0.1, 0.15) is 34.5 Å². The van der Waals surface area contributed by atoms with Gasteiger partial charge in [0.25, 0.3) is 5.91 Å². The number of halogens is 1. The van der Waals surface area contributed by atoms with Crippen molar-refractivity contribution in [2.45, 2.75) is 19.9 Å². The molecule has 0 radical (unpaired) electrons. The number of hydrogen-bond donors (Lipinski definition) is 2.